The Morgan fingerprint density at radius 3 is 2.59 bits per heavy atom. The summed E-state index contributed by atoms with van der Waals surface area (Å²) in [5, 5.41) is 0. The molecule has 3 heterocycles. The predicted octanol–water partition coefficient (Wildman–Crippen LogP) is 3.54. The van der Waals surface area contributed by atoms with E-state index in [-0.39, 0.29) is 23.2 Å². The van der Waals surface area contributed by atoms with E-state index in [2.05, 4.69) is 0 Å². The van der Waals surface area contributed by atoms with Gasteiger partial charge in [-0.15, -0.1) is 0 Å². The molecule has 0 N–H and O–H groups in total. The molecule has 0 saturated carbocycles. The molecule has 2 aromatic rings. The van der Waals surface area contributed by atoms with Crippen LogP contribution in [0.15, 0.2) is 45.7 Å². The Labute approximate surface area is 177 Å². The average molecular weight is 448 g/mol. The molecule has 4 rings (SSSR count). The van der Waals surface area contributed by atoms with Gasteiger partial charge in [-0.2, -0.15) is 0 Å². The molecule has 1 atom stereocenters. The largest absolute Gasteiger partial charge is 0.457 e. The molecule has 2 aliphatic heterocycles. The summed E-state index contributed by atoms with van der Waals surface area (Å²) >= 11 is 6.46. The minimum atomic E-state index is -3.11. The molecular weight excluding hydrogens is 430 g/mol. The van der Waals surface area contributed by atoms with Gasteiger partial charge >= 0.3 is 0 Å². The normalized spacial score (nSPS) is 22.6. The number of nitrogens with zero attached hydrogens (tertiary/aromatic N) is 1. The topological polar surface area (TPSA) is 84.7 Å². The monoisotopic (exact) mass is 447 g/mol. The van der Waals surface area contributed by atoms with Crippen LogP contribution in [0, 0.1) is 0 Å². The van der Waals surface area contributed by atoms with Crippen molar-refractivity contribution in [1.29, 1.82) is 0 Å². The number of hydrogen-bond acceptors (Lipinski definition) is 7. The van der Waals surface area contributed by atoms with Gasteiger partial charge in [0.25, 0.3) is 5.91 Å². The van der Waals surface area contributed by atoms with E-state index in [1.54, 1.807) is 42.5 Å². The van der Waals surface area contributed by atoms with Crippen molar-refractivity contribution in [3.63, 3.8) is 0 Å². The van der Waals surface area contributed by atoms with Gasteiger partial charge in [0.15, 0.2) is 15.6 Å². The molecule has 2 fully saturated rings. The molecule has 6 nitrogen and oxygen atoms in total. The van der Waals surface area contributed by atoms with Crippen LogP contribution in [0.25, 0.3) is 17.4 Å². The number of ketones is 1. The zero-order chi connectivity index (χ0) is 20.8. The van der Waals surface area contributed by atoms with Crippen molar-refractivity contribution in [1.82, 2.24) is 4.90 Å². The maximum Gasteiger partial charge on any atom is 0.266 e. The summed E-state index contributed by atoms with van der Waals surface area (Å²) < 4.78 is 29.7. The molecule has 1 aromatic carbocycles. The molecule has 1 amide bonds. The van der Waals surface area contributed by atoms with E-state index in [1.807, 2.05) is 0 Å². The van der Waals surface area contributed by atoms with E-state index in [4.69, 9.17) is 16.6 Å². The maximum absolute atomic E-state index is 12.8. The first-order valence-corrected chi connectivity index (χ1v) is 12.0. The van der Waals surface area contributed by atoms with Gasteiger partial charge in [-0.05, 0) is 25.5 Å². The number of furan rings is 1. The highest BCUT2D eigenvalue weighted by Gasteiger charge is 2.42. The van der Waals surface area contributed by atoms with Crippen molar-refractivity contribution in [2.24, 2.45) is 0 Å². The van der Waals surface area contributed by atoms with Gasteiger partial charge in [0.05, 0.1) is 22.5 Å². The van der Waals surface area contributed by atoms with Crippen LogP contribution in [0.5, 0.6) is 0 Å². The number of carbonyl (C=O) groups is 2. The molecule has 0 bridgehead atoms. The number of amides is 1. The van der Waals surface area contributed by atoms with E-state index < -0.39 is 15.9 Å². The van der Waals surface area contributed by atoms with Crippen molar-refractivity contribution in [2.45, 2.75) is 19.4 Å². The highest BCUT2D eigenvalue weighted by Crippen LogP contribution is 2.36. The molecule has 0 spiro atoms. The first kappa shape index (κ1) is 20.1. The van der Waals surface area contributed by atoms with E-state index in [0.717, 1.165) is 17.3 Å². The molecule has 29 heavy (non-hydrogen) atoms. The van der Waals surface area contributed by atoms with Crippen LogP contribution >= 0.6 is 24.0 Å². The predicted molar refractivity (Wildman–Crippen MR) is 116 cm³/mol. The van der Waals surface area contributed by atoms with Gasteiger partial charge in [-0.3, -0.25) is 14.5 Å². The molecule has 9 heteroatoms. The summed E-state index contributed by atoms with van der Waals surface area (Å²) in [7, 11) is -3.11. The van der Waals surface area contributed by atoms with E-state index in [9.17, 15) is 18.0 Å². The van der Waals surface area contributed by atoms with E-state index in [1.165, 1.54) is 11.8 Å². The molecule has 2 saturated heterocycles. The van der Waals surface area contributed by atoms with Crippen LogP contribution in [0.2, 0.25) is 0 Å². The third kappa shape index (κ3) is 4.08. The van der Waals surface area contributed by atoms with E-state index >= 15 is 0 Å². The van der Waals surface area contributed by atoms with Crippen LogP contribution in [-0.2, 0) is 14.6 Å². The van der Waals surface area contributed by atoms with Crippen LogP contribution in [0.3, 0.4) is 0 Å². The van der Waals surface area contributed by atoms with Crippen molar-refractivity contribution < 1.29 is 22.4 Å². The van der Waals surface area contributed by atoms with Gasteiger partial charge in [0, 0.05) is 17.2 Å². The molecule has 1 aromatic heterocycles. The second-order valence-corrected chi connectivity index (χ2v) is 10.8. The summed E-state index contributed by atoms with van der Waals surface area (Å²) in [6.07, 6.45) is 2.03. The summed E-state index contributed by atoms with van der Waals surface area (Å²) in [6.45, 7) is 1.51. The lowest BCUT2D eigenvalue weighted by Crippen LogP contribution is -2.39. The Morgan fingerprint density at radius 1 is 1.24 bits per heavy atom. The van der Waals surface area contributed by atoms with Crippen molar-refractivity contribution >= 4 is 55.9 Å². The number of Topliss-reactive ketones (excluding diaryl/α,β-unsaturated/α-hetero) is 1. The highest BCUT2D eigenvalue weighted by molar-refractivity contribution is 8.26. The highest BCUT2D eigenvalue weighted by atomic mass is 32.2. The quantitative estimate of drug-likeness (QED) is 0.403. The summed E-state index contributed by atoms with van der Waals surface area (Å²) in [4.78, 5) is 26.0. The fourth-order valence-corrected chi connectivity index (χ4v) is 6.44. The standard InChI is InChI=1S/C20H17NO5S3/c1-12(22)13-2-4-14(5-3-13)17-7-6-16(26-17)10-18-19(23)21(20(27)28-18)15-8-9-29(24,25)11-15/h2-7,10,15H,8-9,11H2,1H3/b18-10-/t15-/m0/s1. The smallest absolute Gasteiger partial charge is 0.266 e. The summed E-state index contributed by atoms with van der Waals surface area (Å²) in [6, 6.07) is 10.2. The van der Waals surface area contributed by atoms with Gasteiger partial charge < -0.3 is 4.42 Å². The Bertz CT molecular complexity index is 1150. The lowest BCUT2D eigenvalue weighted by Gasteiger charge is -2.20. The number of thioether (sulfide) groups is 1. The number of thiocarbonyl (C=S) groups is 1. The fraction of sp³-hybridized carbons (Fsp3) is 0.250. The third-order valence-corrected chi connectivity index (χ3v) is 7.95. The minimum Gasteiger partial charge on any atom is -0.457 e. The summed E-state index contributed by atoms with van der Waals surface area (Å²) in [5.41, 5.74) is 1.44. The van der Waals surface area contributed by atoms with Gasteiger partial charge in [0.2, 0.25) is 0 Å². The Kier molecular flexibility index (Phi) is 5.22. The average Bonchev–Trinajstić information content (AvgIpc) is 3.34. The lowest BCUT2D eigenvalue weighted by atomic mass is 10.1. The van der Waals surface area contributed by atoms with Crippen LogP contribution in [0.4, 0.5) is 0 Å². The second kappa shape index (κ2) is 7.55. The number of benzene rings is 1. The minimum absolute atomic E-state index is 0.00577. The van der Waals surface area contributed by atoms with Gasteiger partial charge in [-0.25, -0.2) is 8.42 Å². The third-order valence-electron chi connectivity index (χ3n) is 4.87. The Balaban J connectivity index is 1.54. The molecule has 0 unspecified atom stereocenters. The van der Waals surface area contributed by atoms with Crippen LogP contribution in [-0.4, -0.2) is 46.9 Å². The Hall–Kier alpha value is -2.23. The van der Waals surface area contributed by atoms with Gasteiger partial charge in [0.1, 0.15) is 15.8 Å². The van der Waals surface area contributed by atoms with E-state index in [0.29, 0.717) is 32.7 Å². The van der Waals surface area contributed by atoms with Crippen molar-refractivity contribution in [3.05, 3.63) is 52.6 Å². The van der Waals surface area contributed by atoms with Crippen LogP contribution in [0.1, 0.15) is 29.5 Å². The Morgan fingerprint density at radius 2 is 1.97 bits per heavy atom. The molecule has 2 aliphatic rings. The SMILES string of the molecule is CC(=O)c1ccc(-c2ccc(/C=C3\SC(=S)N([C@H]4CCS(=O)(=O)C4)C3=O)o2)cc1. The summed E-state index contributed by atoms with van der Waals surface area (Å²) in [5.74, 6) is 0.851. The maximum atomic E-state index is 12.8. The van der Waals surface area contributed by atoms with Crippen molar-refractivity contribution in [3.8, 4) is 11.3 Å². The zero-order valence-electron chi connectivity index (χ0n) is 15.5. The molecular formula is C20H17NO5S3. The van der Waals surface area contributed by atoms with Gasteiger partial charge in [-0.1, -0.05) is 48.2 Å². The second-order valence-electron chi connectivity index (χ2n) is 6.94. The number of carbonyl (C=O) groups excluding carboxylic acids is 2. The van der Waals surface area contributed by atoms with Crippen LogP contribution < -0.4 is 0 Å². The lowest BCUT2D eigenvalue weighted by molar-refractivity contribution is -0.123. The zero-order valence-corrected chi connectivity index (χ0v) is 17.9. The molecule has 0 radical (unpaired) electrons. The number of sulfone groups is 1. The number of rotatable bonds is 4. The fourth-order valence-electron chi connectivity index (χ4n) is 3.36. The first-order chi connectivity index (χ1) is 13.7. The van der Waals surface area contributed by atoms with Crippen molar-refractivity contribution in [2.75, 3.05) is 11.5 Å². The molecule has 150 valence electrons. The number of hydrogen-bond donors (Lipinski definition) is 0. The first-order valence-electron chi connectivity index (χ1n) is 8.92. The molecule has 0 aliphatic carbocycles.